The van der Waals surface area contributed by atoms with Crippen molar-refractivity contribution in [3.63, 3.8) is 0 Å². The number of carbonyl (C=O) groups is 1. The van der Waals surface area contributed by atoms with Gasteiger partial charge in [0.25, 0.3) is 0 Å². The van der Waals surface area contributed by atoms with Gasteiger partial charge in [-0.15, -0.1) is 0 Å². The summed E-state index contributed by atoms with van der Waals surface area (Å²) in [6.45, 7) is 8.34. The number of fused-ring (bicyclic) bond motifs is 1. The highest BCUT2D eigenvalue weighted by Gasteiger charge is 2.40. The summed E-state index contributed by atoms with van der Waals surface area (Å²) in [4.78, 5) is 31.2. The van der Waals surface area contributed by atoms with Crippen LogP contribution in [0.5, 0.6) is 0 Å². The highest BCUT2D eigenvalue weighted by molar-refractivity contribution is 6.00. The molecular weight excluding hydrogens is 559 g/mol. The summed E-state index contributed by atoms with van der Waals surface area (Å²) in [5.74, 6) is 0.917. The monoisotopic (exact) mass is 602 g/mol. The zero-order valence-electron chi connectivity index (χ0n) is 27.1. The molecule has 6 rings (SSSR count). The van der Waals surface area contributed by atoms with Crippen molar-refractivity contribution in [1.82, 2.24) is 15.0 Å². The Hall–Kier alpha value is -4.19. The van der Waals surface area contributed by atoms with Crippen molar-refractivity contribution in [3.05, 3.63) is 107 Å². The van der Waals surface area contributed by atoms with Crippen molar-refractivity contribution in [2.45, 2.75) is 84.0 Å². The van der Waals surface area contributed by atoms with E-state index in [1.807, 2.05) is 86.7 Å². The molecular formula is C39H43FN4O. The predicted octanol–water partition coefficient (Wildman–Crippen LogP) is 9.23. The Labute approximate surface area is 266 Å². The summed E-state index contributed by atoms with van der Waals surface area (Å²) < 4.78 is 15.4. The number of anilines is 1. The molecule has 6 heteroatoms. The van der Waals surface area contributed by atoms with Gasteiger partial charge in [0.05, 0.1) is 11.4 Å². The maximum atomic E-state index is 15.4. The molecule has 2 aromatic heterocycles. The lowest BCUT2D eigenvalue weighted by molar-refractivity contribution is -0.123. The number of Topliss-reactive ketones (excluding diaryl/α,β-unsaturated/α-hetero) is 1. The van der Waals surface area contributed by atoms with E-state index in [4.69, 9.17) is 9.97 Å². The number of aromatic nitrogens is 3. The molecule has 0 unspecified atom stereocenters. The van der Waals surface area contributed by atoms with Gasteiger partial charge in [-0.2, -0.15) is 0 Å². The van der Waals surface area contributed by atoms with Crippen molar-refractivity contribution < 1.29 is 9.18 Å². The summed E-state index contributed by atoms with van der Waals surface area (Å²) in [5.41, 5.74) is 5.80. The Morgan fingerprint density at radius 2 is 1.80 bits per heavy atom. The SMILES string of the molecule is CCC(C)(C)C(=O)/C(=C\N(C)c1ccccc1)C[C@]1(C)CCCc2c(-c3ccccc3F)nc(-c3ccnc(C4CC4)c3)nc21. The maximum absolute atomic E-state index is 15.4. The van der Waals surface area contributed by atoms with Gasteiger partial charge in [0, 0.05) is 69.8 Å². The van der Waals surface area contributed by atoms with Crippen LogP contribution in [-0.2, 0) is 16.6 Å². The van der Waals surface area contributed by atoms with Crippen LogP contribution in [-0.4, -0.2) is 27.8 Å². The van der Waals surface area contributed by atoms with E-state index in [1.54, 1.807) is 6.07 Å². The highest BCUT2D eigenvalue weighted by Crippen LogP contribution is 2.46. The molecule has 1 saturated carbocycles. The average Bonchev–Trinajstić information content (AvgIpc) is 3.91. The van der Waals surface area contributed by atoms with Crippen LogP contribution in [0.4, 0.5) is 10.1 Å². The van der Waals surface area contributed by atoms with Crippen LogP contribution >= 0.6 is 0 Å². The summed E-state index contributed by atoms with van der Waals surface area (Å²) in [6.07, 6.45) is 9.93. The van der Waals surface area contributed by atoms with E-state index in [0.29, 0.717) is 29.4 Å². The number of pyridine rings is 1. The number of hydrogen-bond acceptors (Lipinski definition) is 5. The number of carbonyl (C=O) groups excluding carboxylic acids is 1. The van der Waals surface area contributed by atoms with Crippen molar-refractivity contribution in [2.24, 2.45) is 5.41 Å². The smallest absolute Gasteiger partial charge is 0.165 e. The number of para-hydroxylation sites is 1. The fourth-order valence-electron chi connectivity index (χ4n) is 6.53. The van der Waals surface area contributed by atoms with Crippen LogP contribution in [0, 0.1) is 11.2 Å². The van der Waals surface area contributed by atoms with E-state index in [1.165, 1.54) is 6.07 Å². The first-order valence-electron chi connectivity index (χ1n) is 16.3. The minimum absolute atomic E-state index is 0.146. The fourth-order valence-corrected chi connectivity index (χ4v) is 6.53. The van der Waals surface area contributed by atoms with E-state index < -0.39 is 10.8 Å². The molecule has 1 atom stereocenters. The first kappa shape index (κ1) is 30.8. The molecule has 4 aromatic rings. The molecule has 2 aliphatic carbocycles. The topological polar surface area (TPSA) is 59.0 Å². The lowest BCUT2D eigenvalue weighted by Crippen LogP contribution is -2.35. The van der Waals surface area contributed by atoms with Gasteiger partial charge < -0.3 is 4.90 Å². The lowest BCUT2D eigenvalue weighted by Gasteiger charge is -2.38. The second-order valence-electron chi connectivity index (χ2n) is 13.7. The average molecular weight is 603 g/mol. The number of hydrogen-bond donors (Lipinski definition) is 0. The van der Waals surface area contributed by atoms with E-state index in [0.717, 1.165) is 72.3 Å². The largest absolute Gasteiger partial charge is 0.351 e. The van der Waals surface area contributed by atoms with Crippen LogP contribution in [0.25, 0.3) is 22.6 Å². The van der Waals surface area contributed by atoms with Gasteiger partial charge in [0.2, 0.25) is 0 Å². The van der Waals surface area contributed by atoms with Gasteiger partial charge in [-0.1, -0.05) is 58.0 Å². The standard InChI is InChI=1S/C39H43FN4O/c1-6-38(2,3)36(45)28(25-44(5)29-13-8-7-9-14-29)24-39(4)21-12-16-31-34(30-15-10-11-17-32(30)40)42-37(43-35(31)39)27-20-22-41-33(23-27)26-18-19-26/h7-11,13-15,17,20,22-23,25-26H,6,12,16,18-19,21,24H2,1-5H3/b28-25-/t39-/m0/s1. The van der Waals surface area contributed by atoms with Crippen molar-refractivity contribution in [3.8, 4) is 22.6 Å². The lowest BCUT2D eigenvalue weighted by atomic mass is 9.68. The number of allylic oxidation sites excluding steroid dienone is 1. The third-order valence-electron chi connectivity index (χ3n) is 9.78. The quantitative estimate of drug-likeness (QED) is 0.169. The molecule has 45 heavy (non-hydrogen) atoms. The zero-order valence-corrected chi connectivity index (χ0v) is 27.1. The normalized spacial score (nSPS) is 18.4. The first-order valence-corrected chi connectivity index (χ1v) is 16.3. The summed E-state index contributed by atoms with van der Waals surface area (Å²) >= 11 is 0. The van der Waals surface area contributed by atoms with Crippen LogP contribution in [0.3, 0.4) is 0 Å². The van der Waals surface area contributed by atoms with E-state index in [2.05, 4.69) is 24.9 Å². The first-order chi connectivity index (χ1) is 21.6. The molecule has 5 nitrogen and oxygen atoms in total. The minimum Gasteiger partial charge on any atom is -0.351 e. The molecule has 2 aromatic carbocycles. The molecule has 0 spiro atoms. The Balaban J connectivity index is 1.51. The molecule has 2 heterocycles. The molecule has 2 aliphatic rings. The predicted molar refractivity (Wildman–Crippen MR) is 180 cm³/mol. The molecule has 0 radical (unpaired) electrons. The summed E-state index contributed by atoms with van der Waals surface area (Å²) in [7, 11) is 2.00. The second kappa shape index (κ2) is 12.3. The van der Waals surface area contributed by atoms with Gasteiger partial charge >= 0.3 is 0 Å². The van der Waals surface area contributed by atoms with E-state index in [9.17, 15) is 4.79 Å². The minimum atomic E-state index is -0.511. The van der Waals surface area contributed by atoms with Gasteiger partial charge in [0.15, 0.2) is 11.6 Å². The molecule has 0 amide bonds. The van der Waals surface area contributed by atoms with Crippen LogP contribution < -0.4 is 4.90 Å². The Kier molecular flexibility index (Phi) is 8.43. The van der Waals surface area contributed by atoms with Crippen molar-refractivity contribution in [2.75, 3.05) is 11.9 Å². The summed E-state index contributed by atoms with van der Waals surface area (Å²) in [6, 6.07) is 21.0. The van der Waals surface area contributed by atoms with Gasteiger partial charge in [-0.3, -0.25) is 9.78 Å². The Bertz CT molecular complexity index is 1740. The fraction of sp³-hybridized carbons (Fsp3) is 0.385. The van der Waals surface area contributed by atoms with Gasteiger partial charge in [0.1, 0.15) is 5.82 Å². The Morgan fingerprint density at radius 1 is 1.07 bits per heavy atom. The van der Waals surface area contributed by atoms with Crippen molar-refractivity contribution >= 4 is 11.5 Å². The maximum Gasteiger partial charge on any atom is 0.165 e. The van der Waals surface area contributed by atoms with E-state index >= 15 is 4.39 Å². The number of benzene rings is 2. The third kappa shape index (κ3) is 6.33. The molecule has 0 N–H and O–H groups in total. The summed E-state index contributed by atoms with van der Waals surface area (Å²) in [5, 5.41) is 0. The molecule has 0 aliphatic heterocycles. The number of rotatable bonds is 10. The number of ketones is 1. The van der Waals surface area contributed by atoms with E-state index in [-0.39, 0.29) is 11.6 Å². The van der Waals surface area contributed by atoms with Gasteiger partial charge in [-0.25, -0.2) is 14.4 Å². The van der Waals surface area contributed by atoms with Crippen molar-refractivity contribution in [1.29, 1.82) is 0 Å². The van der Waals surface area contributed by atoms with Crippen LogP contribution in [0.15, 0.2) is 84.7 Å². The van der Waals surface area contributed by atoms with Gasteiger partial charge in [-0.05, 0) is 81.3 Å². The molecule has 0 saturated heterocycles. The third-order valence-corrected chi connectivity index (χ3v) is 9.78. The second-order valence-corrected chi connectivity index (χ2v) is 13.7. The zero-order chi connectivity index (χ0) is 31.8. The molecule has 0 bridgehead atoms. The molecule has 232 valence electrons. The van der Waals surface area contributed by atoms with Crippen LogP contribution in [0.2, 0.25) is 0 Å². The Morgan fingerprint density at radius 3 is 2.51 bits per heavy atom. The number of halogens is 1. The molecule has 1 fully saturated rings. The highest BCUT2D eigenvalue weighted by atomic mass is 19.1. The van der Waals surface area contributed by atoms with Crippen LogP contribution in [0.1, 0.15) is 89.1 Å². The number of nitrogens with zero attached hydrogens (tertiary/aromatic N) is 4.